The molecule has 82 valence electrons. The number of likely N-dealkylation sites (tertiary alicyclic amines) is 1. The van der Waals surface area contributed by atoms with Crippen molar-refractivity contribution in [2.75, 3.05) is 13.1 Å². The molecule has 0 saturated carbocycles. The average Bonchev–Trinajstić information content (AvgIpc) is 2.64. The van der Waals surface area contributed by atoms with Crippen molar-refractivity contribution in [3.8, 4) is 0 Å². The molecule has 1 aliphatic heterocycles. The monoisotopic (exact) mass is 207 g/mol. The van der Waals surface area contributed by atoms with E-state index in [1.54, 1.807) is 0 Å². The lowest BCUT2D eigenvalue weighted by molar-refractivity contribution is -0.112. The third-order valence-corrected chi connectivity index (χ3v) is 2.89. The summed E-state index contributed by atoms with van der Waals surface area (Å²) in [4.78, 5) is 13.0. The Kier molecular flexibility index (Phi) is 3.16. The molecule has 1 unspecified atom stereocenters. The number of aldehydes is 1. The lowest BCUT2D eigenvalue weighted by Crippen LogP contribution is -2.35. The molecule has 1 fully saturated rings. The van der Waals surface area contributed by atoms with Crippen LogP contribution in [0, 0.1) is 5.92 Å². The summed E-state index contributed by atoms with van der Waals surface area (Å²) >= 11 is 0. The van der Waals surface area contributed by atoms with Gasteiger partial charge in [0.15, 0.2) is 0 Å². The van der Waals surface area contributed by atoms with Crippen LogP contribution in [0.4, 0.5) is 0 Å². The van der Waals surface area contributed by atoms with Crippen LogP contribution in [-0.4, -0.2) is 34.1 Å². The van der Waals surface area contributed by atoms with E-state index < -0.39 is 0 Å². The van der Waals surface area contributed by atoms with Crippen molar-refractivity contribution in [3.63, 3.8) is 0 Å². The molecule has 15 heavy (non-hydrogen) atoms. The van der Waals surface area contributed by atoms with Gasteiger partial charge in [-0.05, 0) is 25.5 Å². The molecule has 1 saturated heterocycles. The van der Waals surface area contributed by atoms with Gasteiger partial charge < -0.3 is 4.79 Å². The quantitative estimate of drug-likeness (QED) is 0.689. The standard InChI is InChI=1S/C11H17N3O/c1-13-6-4-11(12-13)8-14-5-2-3-10(7-14)9-15/h4,6,9-10H,2-3,5,7-8H2,1H3. The second-order valence-electron chi connectivity index (χ2n) is 4.25. The number of aromatic nitrogens is 2. The number of carbonyl (C=O) groups is 1. The van der Waals surface area contributed by atoms with Crippen LogP contribution in [0.15, 0.2) is 12.3 Å². The van der Waals surface area contributed by atoms with Crippen LogP contribution >= 0.6 is 0 Å². The molecule has 0 N–H and O–H groups in total. The number of hydrogen-bond donors (Lipinski definition) is 0. The Balaban J connectivity index is 1.91. The Morgan fingerprint density at radius 1 is 1.67 bits per heavy atom. The molecule has 1 aromatic heterocycles. The van der Waals surface area contributed by atoms with Gasteiger partial charge in [0.1, 0.15) is 6.29 Å². The fraction of sp³-hybridized carbons (Fsp3) is 0.636. The highest BCUT2D eigenvalue weighted by Gasteiger charge is 2.19. The highest BCUT2D eigenvalue weighted by molar-refractivity contribution is 5.53. The van der Waals surface area contributed by atoms with Gasteiger partial charge in [-0.1, -0.05) is 0 Å². The van der Waals surface area contributed by atoms with Gasteiger partial charge in [0, 0.05) is 32.3 Å². The van der Waals surface area contributed by atoms with Crippen LogP contribution < -0.4 is 0 Å². The first-order chi connectivity index (χ1) is 7.28. The Labute approximate surface area is 89.9 Å². The number of hydrogen-bond acceptors (Lipinski definition) is 3. The second kappa shape index (κ2) is 4.57. The molecule has 2 heterocycles. The minimum atomic E-state index is 0.225. The molecule has 0 spiro atoms. The molecular weight excluding hydrogens is 190 g/mol. The molecule has 2 rings (SSSR count). The van der Waals surface area contributed by atoms with Gasteiger partial charge in [-0.3, -0.25) is 9.58 Å². The van der Waals surface area contributed by atoms with E-state index in [0.717, 1.165) is 44.5 Å². The van der Waals surface area contributed by atoms with E-state index in [0.29, 0.717) is 0 Å². The lowest BCUT2D eigenvalue weighted by Gasteiger charge is -2.29. The molecule has 0 amide bonds. The van der Waals surface area contributed by atoms with Gasteiger partial charge in [0.2, 0.25) is 0 Å². The summed E-state index contributed by atoms with van der Waals surface area (Å²) in [5.41, 5.74) is 1.09. The van der Waals surface area contributed by atoms with Gasteiger partial charge in [-0.2, -0.15) is 5.10 Å². The summed E-state index contributed by atoms with van der Waals surface area (Å²) in [5, 5.41) is 4.34. The molecule has 4 nitrogen and oxygen atoms in total. The fourth-order valence-electron chi connectivity index (χ4n) is 2.12. The Hall–Kier alpha value is -1.16. The predicted octanol–water partition coefficient (Wildman–Crippen LogP) is 0.831. The minimum absolute atomic E-state index is 0.225. The summed E-state index contributed by atoms with van der Waals surface area (Å²) < 4.78 is 1.82. The molecule has 0 aromatic carbocycles. The van der Waals surface area contributed by atoms with Gasteiger partial charge in [0.05, 0.1) is 5.69 Å². The zero-order valence-corrected chi connectivity index (χ0v) is 9.09. The van der Waals surface area contributed by atoms with E-state index in [4.69, 9.17) is 0 Å². The highest BCUT2D eigenvalue weighted by atomic mass is 16.1. The highest BCUT2D eigenvalue weighted by Crippen LogP contribution is 2.16. The van der Waals surface area contributed by atoms with Crippen molar-refractivity contribution in [3.05, 3.63) is 18.0 Å². The van der Waals surface area contributed by atoms with Crippen LogP contribution in [-0.2, 0) is 18.4 Å². The van der Waals surface area contributed by atoms with Crippen molar-refractivity contribution >= 4 is 6.29 Å². The summed E-state index contributed by atoms with van der Waals surface area (Å²) in [6, 6.07) is 2.03. The van der Waals surface area contributed by atoms with Gasteiger partial charge in [-0.15, -0.1) is 0 Å². The predicted molar refractivity (Wildman–Crippen MR) is 57.3 cm³/mol. The maximum atomic E-state index is 10.7. The maximum Gasteiger partial charge on any atom is 0.124 e. The van der Waals surface area contributed by atoms with Crippen LogP contribution in [0.1, 0.15) is 18.5 Å². The third-order valence-electron chi connectivity index (χ3n) is 2.89. The van der Waals surface area contributed by atoms with Gasteiger partial charge in [0.25, 0.3) is 0 Å². The minimum Gasteiger partial charge on any atom is -0.303 e. The molecule has 1 atom stereocenters. The third kappa shape index (κ3) is 2.65. The lowest BCUT2D eigenvalue weighted by atomic mass is 10.00. The van der Waals surface area contributed by atoms with Crippen molar-refractivity contribution in [2.24, 2.45) is 13.0 Å². The SMILES string of the molecule is Cn1ccc(CN2CCCC(C=O)C2)n1. The molecular formula is C11H17N3O. The topological polar surface area (TPSA) is 38.1 Å². The van der Waals surface area contributed by atoms with Crippen LogP contribution in [0.5, 0.6) is 0 Å². The summed E-state index contributed by atoms with van der Waals surface area (Å²) in [6.07, 6.45) is 5.21. The first-order valence-corrected chi connectivity index (χ1v) is 5.44. The van der Waals surface area contributed by atoms with Crippen molar-refractivity contribution in [1.29, 1.82) is 0 Å². The average molecular weight is 207 g/mol. The molecule has 0 aliphatic carbocycles. The van der Waals surface area contributed by atoms with Crippen LogP contribution in [0.3, 0.4) is 0 Å². The van der Waals surface area contributed by atoms with Crippen LogP contribution in [0.2, 0.25) is 0 Å². The molecule has 0 radical (unpaired) electrons. The Morgan fingerprint density at radius 3 is 3.20 bits per heavy atom. The Morgan fingerprint density at radius 2 is 2.53 bits per heavy atom. The second-order valence-corrected chi connectivity index (χ2v) is 4.25. The number of piperidine rings is 1. The smallest absolute Gasteiger partial charge is 0.124 e. The van der Waals surface area contributed by atoms with Crippen molar-refractivity contribution < 1.29 is 4.79 Å². The first kappa shape index (κ1) is 10.4. The molecule has 1 aliphatic rings. The summed E-state index contributed by atoms with van der Waals surface area (Å²) in [5.74, 6) is 0.225. The fourth-order valence-corrected chi connectivity index (χ4v) is 2.12. The number of nitrogens with zero attached hydrogens (tertiary/aromatic N) is 3. The van der Waals surface area contributed by atoms with E-state index in [1.807, 2.05) is 24.0 Å². The number of rotatable bonds is 3. The summed E-state index contributed by atoms with van der Waals surface area (Å²) in [7, 11) is 1.92. The molecule has 0 bridgehead atoms. The Bertz CT molecular complexity index is 334. The zero-order chi connectivity index (χ0) is 10.7. The summed E-state index contributed by atoms with van der Waals surface area (Å²) in [6.45, 7) is 2.84. The van der Waals surface area contributed by atoms with E-state index >= 15 is 0 Å². The number of carbonyl (C=O) groups excluding carboxylic acids is 1. The van der Waals surface area contributed by atoms with Crippen molar-refractivity contribution in [1.82, 2.24) is 14.7 Å². The normalized spacial score (nSPS) is 22.9. The largest absolute Gasteiger partial charge is 0.303 e. The van der Waals surface area contributed by atoms with E-state index in [9.17, 15) is 4.79 Å². The van der Waals surface area contributed by atoms with Gasteiger partial charge >= 0.3 is 0 Å². The maximum absolute atomic E-state index is 10.7. The molecule has 4 heteroatoms. The van der Waals surface area contributed by atoms with E-state index in [2.05, 4.69) is 10.00 Å². The van der Waals surface area contributed by atoms with E-state index in [1.165, 1.54) is 0 Å². The van der Waals surface area contributed by atoms with Crippen molar-refractivity contribution in [2.45, 2.75) is 19.4 Å². The zero-order valence-electron chi connectivity index (χ0n) is 9.09. The first-order valence-electron chi connectivity index (χ1n) is 5.44. The number of aryl methyl sites for hydroxylation is 1. The van der Waals surface area contributed by atoms with Crippen LogP contribution in [0.25, 0.3) is 0 Å². The van der Waals surface area contributed by atoms with E-state index in [-0.39, 0.29) is 5.92 Å². The van der Waals surface area contributed by atoms with Gasteiger partial charge in [-0.25, -0.2) is 0 Å². The molecule has 1 aromatic rings.